The molecule has 0 spiro atoms. The first-order valence-electron chi connectivity index (χ1n) is 10.7. The maximum absolute atomic E-state index is 11.5. The standard InChI is InChI=1S/C24H27N3O2S2/c1-3-17-7-8-19(24(28)29)14-22(17)31-26-20-13-18(23-15-25-16(2)30-23)9-10-21(20)27-11-5-4-6-12-27/h7-10,13-15,26H,3-6,11-12H2,1-2H3,(H,28,29). The molecule has 1 aliphatic rings. The molecule has 0 bridgehead atoms. The number of aromatic nitrogens is 1. The van der Waals surface area contributed by atoms with Gasteiger partial charge in [0.2, 0.25) is 0 Å². The number of aryl methyl sites for hydroxylation is 2. The molecule has 4 rings (SSSR count). The number of carboxylic acid groups (broad SMARTS) is 1. The minimum Gasteiger partial charge on any atom is -0.478 e. The van der Waals surface area contributed by atoms with E-state index < -0.39 is 5.97 Å². The zero-order valence-electron chi connectivity index (χ0n) is 17.9. The highest BCUT2D eigenvalue weighted by Crippen LogP contribution is 2.37. The molecule has 5 nitrogen and oxygen atoms in total. The third kappa shape index (κ3) is 5.05. The van der Waals surface area contributed by atoms with E-state index in [9.17, 15) is 9.90 Å². The highest BCUT2D eigenvalue weighted by Gasteiger charge is 2.17. The lowest BCUT2D eigenvalue weighted by Gasteiger charge is -2.31. The molecule has 0 amide bonds. The van der Waals surface area contributed by atoms with Gasteiger partial charge in [0.15, 0.2) is 0 Å². The normalized spacial score (nSPS) is 13.9. The number of hydrogen-bond acceptors (Lipinski definition) is 6. The van der Waals surface area contributed by atoms with Crippen LogP contribution in [0, 0.1) is 6.92 Å². The van der Waals surface area contributed by atoms with E-state index in [0.29, 0.717) is 5.56 Å². The molecular weight excluding hydrogens is 426 g/mol. The Morgan fingerprint density at radius 1 is 1.19 bits per heavy atom. The number of carboxylic acids is 1. The molecule has 0 aliphatic carbocycles. The van der Waals surface area contributed by atoms with Crippen LogP contribution in [0.5, 0.6) is 0 Å². The van der Waals surface area contributed by atoms with E-state index in [0.717, 1.165) is 51.1 Å². The lowest BCUT2D eigenvalue weighted by molar-refractivity contribution is 0.0696. The summed E-state index contributed by atoms with van der Waals surface area (Å²) in [6.07, 6.45) is 6.49. The Morgan fingerprint density at radius 3 is 2.68 bits per heavy atom. The highest BCUT2D eigenvalue weighted by atomic mass is 32.2. The Morgan fingerprint density at radius 2 is 2.00 bits per heavy atom. The summed E-state index contributed by atoms with van der Waals surface area (Å²) >= 11 is 3.18. The van der Waals surface area contributed by atoms with Gasteiger partial charge < -0.3 is 14.7 Å². The summed E-state index contributed by atoms with van der Waals surface area (Å²) in [4.78, 5) is 20.4. The van der Waals surface area contributed by atoms with E-state index in [-0.39, 0.29) is 0 Å². The van der Waals surface area contributed by atoms with Crippen LogP contribution in [0.2, 0.25) is 0 Å². The molecule has 2 aromatic carbocycles. The molecule has 2 N–H and O–H groups in total. The number of hydrogen-bond donors (Lipinski definition) is 2. The molecular formula is C24H27N3O2S2. The van der Waals surface area contributed by atoms with Gasteiger partial charge in [0.1, 0.15) is 0 Å². The summed E-state index contributed by atoms with van der Waals surface area (Å²) in [5.74, 6) is -0.902. The van der Waals surface area contributed by atoms with Crippen LogP contribution in [0.1, 0.15) is 47.1 Å². The van der Waals surface area contributed by atoms with Gasteiger partial charge in [-0.1, -0.05) is 19.1 Å². The Kier molecular flexibility index (Phi) is 6.83. The summed E-state index contributed by atoms with van der Waals surface area (Å²) in [5.41, 5.74) is 4.84. The van der Waals surface area contributed by atoms with Crippen molar-refractivity contribution in [3.8, 4) is 10.4 Å². The predicted molar refractivity (Wildman–Crippen MR) is 131 cm³/mol. The van der Waals surface area contributed by atoms with Crippen LogP contribution in [0.25, 0.3) is 10.4 Å². The second-order valence-electron chi connectivity index (χ2n) is 7.71. The minimum absolute atomic E-state index is 0.312. The van der Waals surface area contributed by atoms with Crippen molar-refractivity contribution >= 4 is 40.6 Å². The topological polar surface area (TPSA) is 65.5 Å². The van der Waals surface area contributed by atoms with E-state index >= 15 is 0 Å². The summed E-state index contributed by atoms with van der Waals surface area (Å²) in [7, 11) is 0. The molecule has 162 valence electrons. The third-order valence-electron chi connectivity index (χ3n) is 5.57. The number of rotatable bonds is 7. The van der Waals surface area contributed by atoms with Gasteiger partial charge in [-0.2, -0.15) is 0 Å². The third-order valence-corrected chi connectivity index (χ3v) is 7.45. The van der Waals surface area contributed by atoms with Crippen molar-refractivity contribution in [2.24, 2.45) is 0 Å². The zero-order chi connectivity index (χ0) is 21.8. The van der Waals surface area contributed by atoms with Crippen LogP contribution >= 0.6 is 23.3 Å². The number of anilines is 2. The highest BCUT2D eigenvalue weighted by molar-refractivity contribution is 8.00. The van der Waals surface area contributed by atoms with Crippen molar-refractivity contribution < 1.29 is 9.90 Å². The van der Waals surface area contributed by atoms with Crippen molar-refractivity contribution in [3.05, 3.63) is 58.7 Å². The minimum atomic E-state index is -0.902. The molecule has 3 aromatic rings. The molecule has 1 aliphatic heterocycles. The van der Waals surface area contributed by atoms with Crippen molar-refractivity contribution in [2.75, 3.05) is 22.7 Å². The Labute approximate surface area is 191 Å². The molecule has 1 aromatic heterocycles. The second kappa shape index (κ2) is 9.75. The monoisotopic (exact) mass is 453 g/mol. The van der Waals surface area contributed by atoms with Gasteiger partial charge in [-0.25, -0.2) is 9.78 Å². The predicted octanol–water partition coefficient (Wildman–Crippen LogP) is 6.49. The lowest BCUT2D eigenvalue weighted by Crippen LogP contribution is -2.29. The van der Waals surface area contributed by atoms with E-state index in [4.69, 9.17) is 0 Å². The van der Waals surface area contributed by atoms with Gasteiger partial charge >= 0.3 is 5.97 Å². The molecule has 2 heterocycles. The lowest BCUT2D eigenvalue weighted by atomic mass is 10.1. The van der Waals surface area contributed by atoms with Crippen LogP contribution < -0.4 is 9.62 Å². The van der Waals surface area contributed by atoms with E-state index in [1.54, 1.807) is 23.5 Å². The average molecular weight is 454 g/mol. The van der Waals surface area contributed by atoms with Crippen LogP contribution in [-0.2, 0) is 6.42 Å². The van der Waals surface area contributed by atoms with Crippen LogP contribution in [0.15, 0.2) is 47.5 Å². The number of benzene rings is 2. The molecule has 0 radical (unpaired) electrons. The van der Waals surface area contributed by atoms with Crippen molar-refractivity contribution in [1.29, 1.82) is 0 Å². The number of carbonyl (C=O) groups is 1. The first-order valence-corrected chi connectivity index (χ1v) is 12.3. The van der Waals surface area contributed by atoms with Crippen LogP contribution in [0.4, 0.5) is 11.4 Å². The van der Waals surface area contributed by atoms with Gasteiger partial charge in [0.05, 0.1) is 26.8 Å². The first kappa shape index (κ1) is 21.7. The summed E-state index contributed by atoms with van der Waals surface area (Å²) in [6, 6.07) is 11.9. The summed E-state index contributed by atoms with van der Waals surface area (Å²) in [5, 5.41) is 10.4. The Hall–Kier alpha value is -2.51. The Bertz CT molecular complexity index is 1070. The molecule has 31 heavy (non-hydrogen) atoms. The van der Waals surface area contributed by atoms with Gasteiger partial charge in [-0.05, 0) is 79.9 Å². The zero-order valence-corrected chi connectivity index (χ0v) is 19.5. The Balaban J connectivity index is 1.66. The first-order chi connectivity index (χ1) is 15.0. The van der Waals surface area contributed by atoms with Crippen LogP contribution in [0.3, 0.4) is 0 Å². The molecule has 7 heteroatoms. The average Bonchev–Trinajstić information content (AvgIpc) is 3.24. The number of thiazole rings is 1. The fourth-order valence-electron chi connectivity index (χ4n) is 3.86. The van der Waals surface area contributed by atoms with E-state index in [1.165, 1.54) is 36.9 Å². The largest absolute Gasteiger partial charge is 0.478 e. The fourth-order valence-corrected chi connectivity index (χ4v) is 5.55. The smallest absolute Gasteiger partial charge is 0.335 e. The second-order valence-corrected chi connectivity index (χ2v) is 9.79. The molecule has 1 fully saturated rings. The van der Waals surface area contributed by atoms with Gasteiger partial charge in [0, 0.05) is 24.2 Å². The van der Waals surface area contributed by atoms with Crippen molar-refractivity contribution in [2.45, 2.75) is 44.4 Å². The van der Waals surface area contributed by atoms with Gasteiger partial charge in [0.25, 0.3) is 0 Å². The van der Waals surface area contributed by atoms with Gasteiger partial charge in [-0.15, -0.1) is 11.3 Å². The quantitative estimate of drug-likeness (QED) is 0.399. The molecule has 0 unspecified atom stereocenters. The molecule has 0 saturated carbocycles. The van der Waals surface area contributed by atoms with Crippen molar-refractivity contribution in [1.82, 2.24) is 4.98 Å². The molecule has 1 saturated heterocycles. The fraction of sp³-hybridized carbons (Fsp3) is 0.333. The number of nitrogens with zero attached hydrogens (tertiary/aromatic N) is 2. The maximum atomic E-state index is 11.5. The SMILES string of the molecule is CCc1ccc(C(=O)O)cc1SNc1cc(-c2cnc(C)s2)ccc1N1CCCCC1. The number of nitrogens with one attached hydrogen (secondary N) is 1. The molecule has 0 atom stereocenters. The number of aromatic carboxylic acids is 1. The van der Waals surface area contributed by atoms with E-state index in [2.05, 4.69) is 39.7 Å². The summed E-state index contributed by atoms with van der Waals surface area (Å²) < 4.78 is 3.55. The van der Waals surface area contributed by atoms with Crippen LogP contribution in [-0.4, -0.2) is 29.1 Å². The maximum Gasteiger partial charge on any atom is 0.335 e. The van der Waals surface area contributed by atoms with Crippen molar-refractivity contribution in [3.63, 3.8) is 0 Å². The number of piperidine rings is 1. The van der Waals surface area contributed by atoms with Gasteiger partial charge in [-0.3, -0.25) is 0 Å². The summed E-state index contributed by atoms with van der Waals surface area (Å²) in [6.45, 7) is 6.23. The van der Waals surface area contributed by atoms with E-state index in [1.807, 2.05) is 19.2 Å².